The van der Waals surface area contributed by atoms with Crippen molar-refractivity contribution in [3.05, 3.63) is 64.7 Å². The lowest BCUT2D eigenvalue weighted by molar-refractivity contribution is 0.102. The molecule has 0 fully saturated rings. The Balaban J connectivity index is 1.75. The van der Waals surface area contributed by atoms with Gasteiger partial charge < -0.3 is 26.7 Å². The molecule has 0 radical (unpaired) electrons. The minimum absolute atomic E-state index is 0.141. The molecular formula is C20H23N7O2. The van der Waals surface area contributed by atoms with Gasteiger partial charge in [-0.15, -0.1) is 0 Å². The maximum Gasteiger partial charge on any atom is 0.271 e. The van der Waals surface area contributed by atoms with E-state index in [4.69, 9.17) is 5.73 Å². The summed E-state index contributed by atoms with van der Waals surface area (Å²) in [5.41, 5.74) is 7.83. The predicted octanol–water partition coefficient (Wildman–Crippen LogP) is 1.89. The summed E-state index contributed by atoms with van der Waals surface area (Å²) in [6.07, 6.45) is 4.02. The van der Waals surface area contributed by atoms with Crippen LogP contribution in [0.5, 0.6) is 0 Å². The Morgan fingerprint density at radius 2 is 2.00 bits per heavy atom. The molecule has 0 spiro atoms. The number of aromatic nitrogens is 3. The lowest BCUT2D eigenvalue weighted by atomic mass is 10.1. The fraction of sp³-hybridized carbons (Fsp3) is 0.200. The Hall–Kier alpha value is -3.72. The first-order valence-electron chi connectivity index (χ1n) is 9.20. The van der Waals surface area contributed by atoms with Crippen LogP contribution >= 0.6 is 0 Å². The molecule has 29 heavy (non-hydrogen) atoms. The Bertz CT molecular complexity index is 1030. The van der Waals surface area contributed by atoms with Crippen LogP contribution in [-0.4, -0.2) is 41.0 Å². The highest BCUT2D eigenvalue weighted by Gasteiger charge is 2.11. The number of amides is 1. The minimum atomic E-state index is -0.398. The van der Waals surface area contributed by atoms with Gasteiger partial charge in [0.15, 0.2) is 0 Å². The van der Waals surface area contributed by atoms with E-state index < -0.39 is 5.56 Å². The maximum atomic E-state index is 12.5. The number of H-pyrrole nitrogens is 1. The standard InChI is InChI=1S/C20H23N7O2/c1-22-20-24-10-7-16(27-20)14-11-17(19(29)25-12-14)26-18(28)13-3-5-15(6-4-13)23-9-2-8-21/h3-7,10-12,23H,2,8-9,21H2,1H3,(H,25,29)(H,26,28)(H,22,24,27). The van der Waals surface area contributed by atoms with Gasteiger partial charge in [0, 0.05) is 42.8 Å². The summed E-state index contributed by atoms with van der Waals surface area (Å²) < 4.78 is 0. The third-order valence-electron chi connectivity index (χ3n) is 4.18. The Morgan fingerprint density at radius 3 is 2.72 bits per heavy atom. The number of benzene rings is 1. The number of carbonyl (C=O) groups excluding carboxylic acids is 1. The normalized spacial score (nSPS) is 10.4. The van der Waals surface area contributed by atoms with Crippen molar-refractivity contribution in [1.29, 1.82) is 0 Å². The van der Waals surface area contributed by atoms with Gasteiger partial charge in [0.25, 0.3) is 11.5 Å². The summed E-state index contributed by atoms with van der Waals surface area (Å²) in [5, 5.41) is 8.74. The zero-order chi connectivity index (χ0) is 20.6. The van der Waals surface area contributed by atoms with Gasteiger partial charge in [0.05, 0.1) is 5.69 Å². The van der Waals surface area contributed by atoms with Crippen molar-refractivity contribution in [3.63, 3.8) is 0 Å². The molecule has 1 amide bonds. The van der Waals surface area contributed by atoms with Gasteiger partial charge in [0.2, 0.25) is 5.95 Å². The second-order valence-electron chi connectivity index (χ2n) is 6.25. The van der Waals surface area contributed by atoms with Crippen LogP contribution in [0.2, 0.25) is 0 Å². The van der Waals surface area contributed by atoms with Gasteiger partial charge in [0.1, 0.15) is 5.69 Å². The lowest BCUT2D eigenvalue weighted by Gasteiger charge is -2.09. The van der Waals surface area contributed by atoms with E-state index in [1.165, 1.54) is 0 Å². The summed E-state index contributed by atoms with van der Waals surface area (Å²) in [5.74, 6) is 0.0826. The fourth-order valence-corrected chi connectivity index (χ4v) is 2.63. The molecule has 0 aliphatic carbocycles. The van der Waals surface area contributed by atoms with E-state index in [1.807, 2.05) is 12.1 Å². The van der Waals surface area contributed by atoms with Crippen LogP contribution in [-0.2, 0) is 0 Å². The van der Waals surface area contributed by atoms with Crippen LogP contribution in [0.15, 0.2) is 53.6 Å². The van der Waals surface area contributed by atoms with Crippen molar-refractivity contribution in [2.45, 2.75) is 6.42 Å². The molecule has 0 aliphatic heterocycles. The van der Waals surface area contributed by atoms with Crippen molar-refractivity contribution < 1.29 is 4.79 Å². The highest BCUT2D eigenvalue weighted by molar-refractivity contribution is 6.04. The summed E-state index contributed by atoms with van der Waals surface area (Å²) in [4.78, 5) is 35.7. The van der Waals surface area contributed by atoms with Crippen molar-refractivity contribution in [2.24, 2.45) is 5.73 Å². The highest BCUT2D eigenvalue weighted by atomic mass is 16.2. The number of pyridine rings is 1. The van der Waals surface area contributed by atoms with Gasteiger partial charge in [-0.2, -0.15) is 0 Å². The van der Waals surface area contributed by atoms with Crippen molar-refractivity contribution >= 4 is 23.2 Å². The van der Waals surface area contributed by atoms with Crippen LogP contribution < -0.4 is 27.2 Å². The van der Waals surface area contributed by atoms with E-state index in [0.717, 1.165) is 18.7 Å². The number of carbonyl (C=O) groups is 1. The summed E-state index contributed by atoms with van der Waals surface area (Å²) in [7, 11) is 1.72. The van der Waals surface area contributed by atoms with Crippen molar-refractivity contribution in [2.75, 3.05) is 36.1 Å². The smallest absolute Gasteiger partial charge is 0.271 e. The number of anilines is 3. The minimum Gasteiger partial charge on any atom is -0.385 e. The molecule has 6 N–H and O–H groups in total. The molecule has 2 aromatic heterocycles. The summed E-state index contributed by atoms with van der Waals surface area (Å²) in [6, 6.07) is 10.3. The van der Waals surface area contributed by atoms with Crippen LogP contribution in [0.1, 0.15) is 16.8 Å². The van der Waals surface area contributed by atoms with E-state index in [0.29, 0.717) is 29.3 Å². The van der Waals surface area contributed by atoms with E-state index in [-0.39, 0.29) is 11.6 Å². The number of nitrogens with one attached hydrogen (secondary N) is 4. The number of aromatic amines is 1. The topological polar surface area (TPSA) is 138 Å². The first kappa shape index (κ1) is 20.0. The zero-order valence-corrected chi connectivity index (χ0v) is 16.0. The van der Waals surface area contributed by atoms with Gasteiger partial charge >= 0.3 is 0 Å². The van der Waals surface area contributed by atoms with Crippen molar-refractivity contribution in [3.8, 4) is 11.3 Å². The maximum absolute atomic E-state index is 12.5. The van der Waals surface area contributed by atoms with Crippen LogP contribution in [0, 0.1) is 0 Å². The summed E-state index contributed by atoms with van der Waals surface area (Å²) >= 11 is 0. The second-order valence-corrected chi connectivity index (χ2v) is 6.25. The SMILES string of the molecule is CNc1nccc(-c2c[nH]c(=O)c(NC(=O)c3ccc(NCCCN)cc3)c2)n1. The molecule has 0 unspecified atom stereocenters. The average Bonchev–Trinajstić information content (AvgIpc) is 2.76. The molecular weight excluding hydrogens is 370 g/mol. The second kappa shape index (κ2) is 9.47. The molecule has 9 heteroatoms. The molecule has 9 nitrogen and oxygen atoms in total. The van der Waals surface area contributed by atoms with Crippen LogP contribution in [0.3, 0.4) is 0 Å². The fourth-order valence-electron chi connectivity index (χ4n) is 2.63. The first-order chi connectivity index (χ1) is 14.1. The molecule has 2 heterocycles. The Labute approximate surface area is 167 Å². The quantitative estimate of drug-likeness (QED) is 0.368. The van der Waals surface area contributed by atoms with Crippen LogP contribution in [0.4, 0.5) is 17.3 Å². The van der Waals surface area contributed by atoms with Crippen molar-refractivity contribution in [1.82, 2.24) is 15.0 Å². The molecule has 0 bridgehead atoms. The number of hydrogen-bond donors (Lipinski definition) is 5. The zero-order valence-electron chi connectivity index (χ0n) is 16.0. The third-order valence-corrected chi connectivity index (χ3v) is 4.18. The first-order valence-corrected chi connectivity index (χ1v) is 9.20. The Morgan fingerprint density at radius 1 is 1.21 bits per heavy atom. The molecule has 0 saturated carbocycles. The van der Waals surface area contributed by atoms with Gasteiger partial charge in [-0.05, 0) is 49.4 Å². The van der Waals surface area contributed by atoms with Gasteiger partial charge in [-0.3, -0.25) is 9.59 Å². The summed E-state index contributed by atoms with van der Waals surface area (Å²) in [6.45, 7) is 1.38. The highest BCUT2D eigenvalue weighted by Crippen LogP contribution is 2.19. The van der Waals surface area contributed by atoms with E-state index in [1.54, 1.807) is 43.7 Å². The molecule has 0 saturated heterocycles. The number of hydrogen-bond acceptors (Lipinski definition) is 7. The van der Waals surface area contributed by atoms with Gasteiger partial charge in [-0.1, -0.05) is 0 Å². The van der Waals surface area contributed by atoms with E-state index in [2.05, 4.69) is 30.9 Å². The monoisotopic (exact) mass is 393 g/mol. The van der Waals surface area contributed by atoms with Gasteiger partial charge in [-0.25, -0.2) is 9.97 Å². The third kappa shape index (κ3) is 5.17. The lowest BCUT2D eigenvalue weighted by Crippen LogP contribution is -2.19. The van der Waals surface area contributed by atoms with E-state index in [9.17, 15) is 9.59 Å². The number of nitrogens with two attached hydrogens (primary N) is 1. The van der Waals surface area contributed by atoms with E-state index >= 15 is 0 Å². The molecule has 150 valence electrons. The Kier molecular flexibility index (Phi) is 6.54. The number of nitrogens with zero attached hydrogens (tertiary/aromatic N) is 2. The molecule has 0 atom stereocenters. The number of rotatable bonds is 8. The molecule has 3 aromatic rings. The molecule has 0 aliphatic rings. The predicted molar refractivity (Wildman–Crippen MR) is 114 cm³/mol. The molecule has 1 aromatic carbocycles. The average molecular weight is 393 g/mol. The molecule has 3 rings (SSSR count). The van der Waals surface area contributed by atoms with Crippen LogP contribution in [0.25, 0.3) is 11.3 Å². The largest absolute Gasteiger partial charge is 0.385 e.